The van der Waals surface area contributed by atoms with Crippen LogP contribution in [0, 0.1) is 0 Å². The van der Waals surface area contributed by atoms with Crippen LogP contribution in [0.5, 0.6) is 0 Å². The molecule has 3 heterocycles. The minimum absolute atomic E-state index is 0. The highest BCUT2D eigenvalue weighted by molar-refractivity contribution is 5.92. The van der Waals surface area contributed by atoms with Crippen molar-refractivity contribution in [2.75, 3.05) is 31.5 Å². The summed E-state index contributed by atoms with van der Waals surface area (Å²) in [6.45, 7) is 2.85. The van der Waals surface area contributed by atoms with Crippen molar-refractivity contribution >= 4 is 36.4 Å². The maximum Gasteiger partial charge on any atom is 0.238 e. The van der Waals surface area contributed by atoms with Gasteiger partial charge in [-0.3, -0.25) is 14.7 Å². The molecule has 1 aliphatic heterocycles. The smallest absolute Gasteiger partial charge is 0.238 e. The van der Waals surface area contributed by atoms with E-state index in [2.05, 4.69) is 25.5 Å². The van der Waals surface area contributed by atoms with Crippen molar-refractivity contribution in [1.82, 2.24) is 24.8 Å². The number of aryl methyl sites for hydroxylation is 1. The van der Waals surface area contributed by atoms with Crippen molar-refractivity contribution in [3.05, 3.63) is 42.7 Å². The second-order valence-corrected chi connectivity index (χ2v) is 5.37. The first kappa shape index (κ1) is 20.4. The maximum atomic E-state index is 12.3. The molecule has 0 spiro atoms. The number of anilines is 1. The van der Waals surface area contributed by atoms with Gasteiger partial charge in [0.25, 0.3) is 0 Å². The van der Waals surface area contributed by atoms with Gasteiger partial charge in [0.05, 0.1) is 12.6 Å². The first-order valence-electron chi connectivity index (χ1n) is 7.36. The lowest BCUT2D eigenvalue weighted by molar-refractivity contribution is -0.118. The average molecular weight is 373 g/mol. The van der Waals surface area contributed by atoms with Crippen LogP contribution in [0.25, 0.3) is 0 Å². The van der Waals surface area contributed by atoms with Crippen LogP contribution in [-0.2, 0) is 11.8 Å². The van der Waals surface area contributed by atoms with Crippen LogP contribution in [0.2, 0.25) is 0 Å². The fraction of sp³-hybridized carbons (Fsp3) is 0.400. The molecule has 9 heteroatoms. The lowest BCUT2D eigenvalue weighted by atomic mass is 10.1. The number of rotatable bonds is 4. The van der Waals surface area contributed by atoms with E-state index in [1.165, 1.54) is 0 Å². The summed E-state index contributed by atoms with van der Waals surface area (Å²) in [5, 5.41) is 6.27. The summed E-state index contributed by atoms with van der Waals surface area (Å²) < 4.78 is 2.01. The maximum absolute atomic E-state index is 12.3. The van der Waals surface area contributed by atoms with E-state index >= 15 is 0 Å². The van der Waals surface area contributed by atoms with Crippen molar-refractivity contribution in [3.63, 3.8) is 0 Å². The van der Waals surface area contributed by atoms with Crippen molar-refractivity contribution in [3.8, 4) is 0 Å². The number of halogens is 2. The van der Waals surface area contributed by atoms with Crippen LogP contribution in [0.1, 0.15) is 11.9 Å². The Morgan fingerprint density at radius 1 is 1.33 bits per heavy atom. The van der Waals surface area contributed by atoms with Crippen molar-refractivity contribution in [2.45, 2.75) is 6.04 Å². The molecule has 0 aromatic carbocycles. The van der Waals surface area contributed by atoms with E-state index in [-0.39, 0.29) is 36.8 Å². The summed E-state index contributed by atoms with van der Waals surface area (Å²) in [4.78, 5) is 22.8. The summed E-state index contributed by atoms with van der Waals surface area (Å²) in [6.07, 6.45) is 7.05. The molecule has 7 nitrogen and oxygen atoms in total. The number of carbonyl (C=O) groups excluding carboxylic acids is 1. The van der Waals surface area contributed by atoms with Gasteiger partial charge in [-0.1, -0.05) is 0 Å². The Labute approximate surface area is 153 Å². The molecule has 0 bridgehead atoms. The zero-order valence-corrected chi connectivity index (χ0v) is 15.0. The topological polar surface area (TPSA) is 75.1 Å². The second-order valence-electron chi connectivity index (χ2n) is 5.37. The SMILES string of the molecule is Cl.Cl.Cn1ccnc1C1CNCCN1CC(=O)Nc1ccncc1. The normalized spacial score (nSPS) is 17.5. The highest BCUT2D eigenvalue weighted by Gasteiger charge is 2.28. The molecule has 1 atom stereocenters. The zero-order chi connectivity index (χ0) is 15.4. The van der Waals surface area contributed by atoms with E-state index < -0.39 is 0 Å². The Balaban J connectivity index is 0.00000144. The molecule has 0 aliphatic carbocycles. The molecule has 1 fully saturated rings. The van der Waals surface area contributed by atoms with E-state index in [1.54, 1.807) is 30.7 Å². The number of hydrogen-bond donors (Lipinski definition) is 2. The molecule has 2 N–H and O–H groups in total. The van der Waals surface area contributed by atoms with Gasteiger partial charge < -0.3 is 15.2 Å². The standard InChI is InChI=1S/C15H20N6O.2ClH/c1-20-8-7-18-15(20)13-10-17-6-9-21(13)11-14(22)19-12-2-4-16-5-3-12;;/h2-5,7-8,13,17H,6,9-11H2,1H3,(H,16,19,22);2*1H. The van der Waals surface area contributed by atoms with Gasteiger partial charge in [-0.05, 0) is 12.1 Å². The molecular weight excluding hydrogens is 351 g/mol. The van der Waals surface area contributed by atoms with Gasteiger partial charge in [-0.2, -0.15) is 0 Å². The summed E-state index contributed by atoms with van der Waals surface area (Å²) >= 11 is 0. The number of aromatic nitrogens is 3. The summed E-state index contributed by atoms with van der Waals surface area (Å²) in [6, 6.07) is 3.68. The van der Waals surface area contributed by atoms with Gasteiger partial charge in [-0.15, -0.1) is 24.8 Å². The third-order valence-electron chi connectivity index (χ3n) is 3.82. The number of imidazole rings is 1. The number of amides is 1. The second kappa shape index (κ2) is 9.58. The van der Waals surface area contributed by atoms with Gasteiger partial charge in [0.2, 0.25) is 5.91 Å². The molecule has 3 rings (SSSR count). The van der Waals surface area contributed by atoms with E-state index in [1.807, 2.05) is 17.8 Å². The third-order valence-corrected chi connectivity index (χ3v) is 3.82. The monoisotopic (exact) mass is 372 g/mol. The zero-order valence-electron chi connectivity index (χ0n) is 13.4. The molecule has 2 aromatic rings. The van der Waals surface area contributed by atoms with Gasteiger partial charge in [0.15, 0.2) is 0 Å². The van der Waals surface area contributed by atoms with E-state index in [0.29, 0.717) is 6.54 Å². The van der Waals surface area contributed by atoms with E-state index in [4.69, 9.17) is 0 Å². The fourth-order valence-electron chi connectivity index (χ4n) is 2.71. The molecule has 0 radical (unpaired) electrons. The minimum atomic E-state index is -0.0210. The predicted octanol–water partition coefficient (Wildman–Crippen LogP) is 1.24. The van der Waals surface area contributed by atoms with Gasteiger partial charge in [-0.25, -0.2) is 4.98 Å². The summed E-state index contributed by atoms with van der Waals surface area (Å²) in [5.74, 6) is 0.955. The number of nitrogens with zero attached hydrogens (tertiary/aromatic N) is 4. The van der Waals surface area contributed by atoms with Crippen molar-refractivity contribution < 1.29 is 4.79 Å². The Bertz CT molecular complexity index is 636. The Hall–Kier alpha value is -1.67. The van der Waals surface area contributed by atoms with Crippen LogP contribution < -0.4 is 10.6 Å². The molecule has 24 heavy (non-hydrogen) atoms. The fourth-order valence-corrected chi connectivity index (χ4v) is 2.71. The first-order chi connectivity index (χ1) is 10.7. The molecule has 0 saturated carbocycles. The lowest BCUT2D eigenvalue weighted by Gasteiger charge is -2.35. The number of nitrogens with one attached hydrogen (secondary N) is 2. The van der Waals surface area contributed by atoms with Crippen LogP contribution in [0.3, 0.4) is 0 Å². The summed E-state index contributed by atoms with van der Waals surface area (Å²) in [5.41, 5.74) is 0.767. The lowest BCUT2D eigenvalue weighted by Crippen LogP contribution is -2.49. The van der Waals surface area contributed by atoms with Gasteiger partial charge in [0, 0.05) is 57.2 Å². The number of carbonyl (C=O) groups is 1. The largest absolute Gasteiger partial charge is 0.337 e. The Kier molecular flexibility index (Phi) is 8.14. The molecule has 1 aliphatic rings. The molecular formula is C15H22Cl2N6O. The van der Waals surface area contributed by atoms with Crippen molar-refractivity contribution in [1.29, 1.82) is 0 Å². The summed E-state index contributed by atoms with van der Waals surface area (Å²) in [7, 11) is 1.98. The van der Waals surface area contributed by atoms with Crippen LogP contribution in [0.4, 0.5) is 5.69 Å². The van der Waals surface area contributed by atoms with Gasteiger partial charge >= 0.3 is 0 Å². The van der Waals surface area contributed by atoms with Crippen molar-refractivity contribution in [2.24, 2.45) is 7.05 Å². The molecule has 1 amide bonds. The van der Waals surface area contributed by atoms with Crippen LogP contribution in [0.15, 0.2) is 36.9 Å². The highest BCUT2D eigenvalue weighted by Crippen LogP contribution is 2.20. The molecule has 1 saturated heterocycles. The first-order valence-corrected chi connectivity index (χ1v) is 7.36. The molecule has 1 unspecified atom stereocenters. The number of hydrogen-bond acceptors (Lipinski definition) is 5. The minimum Gasteiger partial charge on any atom is -0.337 e. The molecule has 2 aromatic heterocycles. The van der Waals surface area contributed by atoms with Gasteiger partial charge in [0.1, 0.15) is 5.82 Å². The van der Waals surface area contributed by atoms with E-state index in [0.717, 1.165) is 31.1 Å². The number of pyridine rings is 1. The van der Waals surface area contributed by atoms with Crippen LogP contribution >= 0.6 is 24.8 Å². The number of piperazine rings is 1. The van der Waals surface area contributed by atoms with Crippen LogP contribution in [-0.4, -0.2) is 51.5 Å². The molecule has 132 valence electrons. The highest BCUT2D eigenvalue weighted by atomic mass is 35.5. The Morgan fingerprint density at radius 2 is 2.08 bits per heavy atom. The Morgan fingerprint density at radius 3 is 2.75 bits per heavy atom. The third kappa shape index (κ3) is 4.91. The van der Waals surface area contributed by atoms with E-state index in [9.17, 15) is 4.79 Å². The predicted molar refractivity (Wildman–Crippen MR) is 97.8 cm³/mol. The quantitative estimate of drug-likeness (QED) is 0.844. The average Bonchev–Trinajstić information content (AvgIpc) is 2.95.